The Morgan fingerprint density at radius 2 is 2.18 bits per heavy atom. The number of rotatable bonds is 4. The molecule has 0 fully saturated rings. The predicted molar refractivity (Wildman–Crippen MR) is 59.5 cm³/mol. The molecular weight excluding hydrogens is 244 g/mol. The van der Waals surface area contributed by atoms with Gasteiger partial charge in [0.1, 0.15) is 15.9 Å². The lowest BCUT2D eigenvalue weighted by molar-refractivity contribution is 0.287. The molecule has 17 heavy (non-hydrogen) atoms. The number of nitrogens with one attached hydrogen (secondary N) is 1. The number of aromatic amines is 1. The van der Waals surface area contributed by atoms with Crippen LogP contribution >= 0.6 is 0 Å². The largest absolute Gasteiger partial charge is 0.744 e. The maximum absolute atomic E-state index is 10.8. The molecule has 0 bridgehead atoms. The zero-order chi connectivity index (χ0) is 12.5. The molecule has 0 aliphatic carbocycles. The normalized spacial score (nSPS) is 12.1. The minimum atomic E-state index is -4.44. The fourth-order valence-corrected chi connectivity index (χ4v) is 2.06. The summed E-state index contributed by atoms with van der Waals surface area (Å²) in [5.41, 5.74) is 1.11. The summed E-state index contributed by atoms with van der Waals surface area (Å²) in [5.74, 6) is 0.662. The van der Waals surface area contributed by atoms with Gasteiger partial charge in [-0.3, -0.25) is 0 Å². The standard InChI is InChI=1S/C10H12N2O4S/c13-5-1-2-10-11-8-4-3-7(17(14,15)16)6-9(8)12-10/h3-4,6,13H,1-2,5H2,(H,11,12)(H,14,15,16)/p-1. The summed E-state index contributed by atoms with van der Waals surface area (Å²) >= 11 is 0. The molecule has 0 aliphatic heterocycles. The van der Waals surface area contributed by atoms with Crippen molar-refractivity contribution in [2.75, 3.05) is 6.61 Å². The lowest BCUT2D eigenvalue weighted by Crippen LogP contribution is -1.97. The van der Waals surface area contributed by atoms with E-state index >= 15 is 0 Å². The summed E-state index contributed by atoms with van der Waals surface area (Å²) < 4.78 is 32.5. The Balaban J connectivity index is 2.41. The fourth-order valence-electron chi connectivity index (χ4n) is 1.56. The van der Waals surface area contributed by atoms with Crippen molar-refractivity contribution in [3.05, 3.63) is 24.0 Å². The molecule has 7 heteroatoms. The molecule has 1 aromatic carbocycles. The summed E-state index contributed by atoms with van der Waals surface area (Å²) in [6.45, 7) is 0.0667. The molecule has 0 aliphatic rings. The van der Waals surface area contributed by atoms with Crippen LogP contribution in [0.5, 0.6) is 0 Å². The van der Waals surface area contributed by atoms with Gasteiger partial charge in [0.05, 0.1) is 15.9 Å². The topological polar surface area (TPSA) is 106 Å². The van der Waals surface area contributed by atoms with Crippen LogP contribution in [-0.4, -0.2) is 34.7 Å². The lowest BCUT2D eigenvalue weighted by Gasteiger charge is -2.05. The highest BCUT2D eigenvalue weighted by atomic mass is 32.2. The third-order valence-electron chi connectivity index (χ3n) is 2.36. The number of hydrogen-bond donors (Lipinski definition) is 2. The van der Waals surface area contributed by atoms with Crippen molar-refractivity contribution in [2.24, 2.45) is 0 Å². The summed E-state index contributed by atoms with van der Waals surface area (Å²) in [7, 11) is -4.44. The smallest absolute Gasteiger partial charge is 0.124 e. The molecule has 0 amide bonds. The first-order chi connectivity index (χ1) is 8.00. The third-order valence-corrected chi connectivity index (χ3v) is 3.19. The Morgan fingerprint density at radius 1 is 1.41 bits per heavy atom. The molecule has 0 spiro atoms. The van der Waals surface area contributed by atoms with E-state index in [9.17, 15) is 13.0 Å². The van der Waals surface area contributed by atoms with Crippen LogP contribution in [0.25, 0.3) is 11.0 Å². The van der Waals surface area contributed by atoms with Crippen LogP contribution in [0, 0.1) is 0 Å². The van der Waals surface area contributed by atoms with Crippen LogP contribution in [0.2, 0.25) is 0 Å². The van der Waals surface area contributed by atoms with Gasteiger partial charge < -0.3 is 14.6 Å². The van der Waals surface area contributed by atoms with E-state index in [0.29, 0.717) is 29.7 Å². The summed E-state index contributed by atoms with van der Waals surface area (Å²) in [6.07, 6.45) is 1.15. The van der Waals surface area contributed by atoms with Gasteiger partial charge in [-0.25, -0.2) is 13.4 Å². The fraction of sp³-hybridized carbons (Fsp3) is 0.300. The van der Waals surface area contributed by atoms with Gasteiger partial charge in [0, 0.05) is 13.0 Å². The van der Waals surface area contributed by atoms with E-state index in [0.717, 1.165) is 0 Å². The number of aryl methyl sites for hydroxylation is 1. The Bertz CT molecular complexity index is 633. The summed E-state index contributed by atoms with van der Waals surface area (Å²) in [6, 6.07) is 3.99. The van der Waals surface area contributed by atoms with Gasteiger partial charge in [-0.15, -0.1) is 0 Å². The number of aliphatic hydroxyl groups excluding tert-OH is 1. The summed E-state index contributed by atoms with van der Waals surface area (Å²) in [5, 5.41) is 8.69. The zero-order valence-electron chi connectivity index (χ0n) is 8.88. The van der Waals surface area contributed by atoms with Crippen molar-refractivity contribution in [3.8, 4) is 0 Å². The van der Waals surface area contributed by atoms with Crippen LogP contribution in [0.1, 0.15) is 12.2 Å². The molecule has 2 rings (SSSR count). The second-order valence-electron chi connectivity index (χ2n) is 3.64. The van der Waals surface area contributed by atoms with Crippen LogP contribution < -0.4 is 0 Å². The minimum Gasteiger partial charge on any atom is -0.744 e. The molecule has 0 radical (unpaired) electrons. The quantitative estimate of drug-likeness (QED) is 0.769. The maximum atomic E-state index is 10.8. The predicted octanol–water partition coefficient (Wildman–Crippen LogP) is 0.392. The van der Waals surface area contributed by atoms with Gasteiger partial charge in [0.2, 0.25) is 0 Å². The molecule has 1 heterocycles. The van der Waals surface area contributed by atoms with Crippen LogP contribution in [0.4, 0.5) is 0 Å². The van der Waals surface area contributed by atoms with Gasteiger partial charge >= 0.3 is 0 Å². The SMILES string of the molecule is O=S(=O)([O-])c1ccc2nc(CCCO)[nH]c2c1. The van der Waals surface area contributed by atoms with Crippen molar-refractivity contribution in [2.45, 2.75) is 17.7 Å². The zero-order valence-corrected chi connectivity index (χ0v) is 9.70. The highest BCUT2D eigenvalue weighted by Gasteiger charge is 2.06. The second-order valence-corrected chi connectivity index (χ2v) is 5.02. The number of aliphatic hydroxyl groups is 1. The van der Waals surface area contributed by atoms with E-state index in [1.165, 1.54) is 18.2 Å². The molecule has 1 aromatic heterocycles. The Kier molecular flexibility index (Phi) is 3.14. The number of H-pyrrole nitrogens is 1. The molecular formula is C10H11N2O4S-. The number of hydrogen-bond acceptors (Lipinski definition) is 5. The Morgan fingerprint density at radius 3 is 2.82 bits per heavy atom. The van der Waals surface area contributed by atoms with Crippen molar-refractivity contribution in [1.82, 2.24) is 9.97 Å². The van der Waals surface area contributed by atoms with E-state index in [4.69, 9.17) is 5.11 Å². The first kappa shape index (κ1) is 12.0. The Hall–Kier alpha value is -1.44. The van der Waals surface area contributed by atoms with E-state index in [1.54, 1.807) is 0 Å². The van der Waals surface area contributed by atoms with E-state index in [2.05, 4.69) is 9.97 Å². The van der Waals surface area contributed by atoms with Gasteiger partial charge in [0.25, 0.3) is 0 Å². The monoisotopic (exact) mass is 255 g/mol. The maximum Gasteiger partial charge on any atom is 0.124 e. The van der Waals surface area contributed by atoms with Crippen LogP contribution in [0.3, 0.4) is 0 Å². The average molecular weight is 255 g/mol. The molecule has 0 atom stereocenters. The average Bonchev–Trinajstić information content (AvgIpc) is 2.66. The van der Waals surface area contributed by atoms with Crippen molar-refractivity contribution in [3.63, 3.8) is 0 Å². The number of nitrogens with zero attached hydrogens (tertiary/aromatic N) is 1. The van der Waals surface area contributed by atoms with Gasteiger partial charge in [0.15, 0.2) is 0 Å². The molecule has 0 unspecified atom stereocenters. The van der Waals surface area contributed by atoms with Gasteiger partial charge in [-0.05, 0) is 24.6 Å². The van der Waals surface area contributed by atoms with E-state index in [1.807, 2.05) is 0 Å². The highest BCUT2D eigenvalue weighted by Crippen LogP contribution is 2.17. The molecule has 0 saturated heterocycles. The number of imidazole rings is 1. The third kappa shape index (κ3) is 2.63. The molecule has 2 N–H and O–H groups in total. The van der Waals surface area contributed by atoms with Gasteiger partial charge in [-0.2, -0.15) is 0 Å². The van der Waals surface area contributed by atoms with Crippen molar-refractivity contribution in [1.29, 1.82) is 0 Å². The second kappa shape index (κ2) is 4.44. The highest BCUT2D eigenvalue weighted by molar-refractivity contribution is 7.85. The summed E-state index contributed by atoms with van der Waals surface area (Å²) in [4.78, 5) is 6.85. The van der Waals surface area contributed by atoms with Crippen LogP contribution in [0.15, 0.2) is 23.1 Å². The van der Waals surface area contributed by atoms with E-state index < -0.39 is 10.1 Å². The first-order valence-electron chi connectivity index (χ1n) is 5.06. The lowest BCUT2D eigenvalue weighted by atomic mass is 10.3. The van der Waals surface area contributed by atoms with Crippen molar-refractivity contribution >= 4 is 21.2 Å². The Labute approximate surface area is 98.1 Å². The van der Waals surface area contributed by atoms with Crippen molar-refractivity contribution < 1.29 is 18.1 Å². The van der Waals surface area contributed by atoms with E-state index in [-0.39, 0.29) is 11.5 Å². The number of benzene rings is 1. The molecule has 0 saturated carbocycles. The van der Waals surface area contributed by atoms with Gasteiger partial charge in [-0.1, -0.05) is 0 Å². The molecule has 6 nitrogen and oxygen atoms in total. The van der Waals surface area contributed by atoms with Crippen LogP contribution in [-0.2, 0) is 16.5 Å². The molecule has 92 valence electrons. The number of fused-ring (bicyclic) bond motifs is 1. The molecule has 2 aromatic rings. The minimum absolute atomic E-state index is 0.0667. The first-order valence-corrected chi connectivity index (χ1v) is 6.47. The number of aromatic nitrogens is 2.